The van der Waals surface area contributed by atoms with Gasteiger partial charge in [0.05, 0.1) is 11.7 Å². The second-order valence-corrected chi connectivity index (χ2v) is 16.5. The lowest BCUT2D eigenvalue weighted by Crippen LogP contribution is -2.46. The van der Waals surface area contributed by atoms with Crippen molar-refractivity contribution in [1.82, 2.24) is 30.0 Å². The van der Waals surface area contributed by atoms with Crippen LogP contribution in [0.2, 0.25) is 0 Å². The summed E-state index contributed by atoms with van der Waals surface area (Å²) in [5.74, 6) is 1.74. The number of halogens is 1. The summed E-state index contributed by atoms with van der Waals surface area (Å²) in [4.78, 5) is 20.2. The Kier molecular flexibility index (Phi) is 13.6. The monoisotopic (exact) mass is 795 g/mol. The fraction of sp³-hybridized carbons (Fsp3) is 0.400. The van der Waals surface area contributed by atoms with Gasteiger partial charge in [0, 0.05) is 86.2 Å². The first kappa shape index (κ1) is 41.9. The molecule has 59 heavy (non-hydrogen) atoms. The second-order valence-electron chi connectivity index (χ2n) is 16.5. The van der Waals surface area contributed by atoms with Crippen molar-refractivity contribution in [3.05, 3.63) is 149 Å². The van der Waals surface area contributed by atoms with Gasteiger partial charge in [0.1, 0.15) is 11.6 Å². The third-order valence-corrected chi connectivity index (χ3v) is 12.6. The maximum absolute atomic E-state index is 15.2. The van der Waals surface area contributed by atoms with Gasteiger partial charge in [-0.25, -0.2) is 14.4 Å². The molecule has 1 aromatic heterocycles. The summed E-state index contributed by atoms with van der Waals surface area (Å²) in [5, 5.41) is 3.26. The van der Waals surface area contributed by atoms with Crippen molar-refractivity contribution in [2.75, 3.05) is 64.3 Å². The predicted octanol–water partition coefficient (Wildman–Crippen LogP) is 8.83. The molecule has 3 aliphatic rings. The van der Waals surface area contributed by atoms with E-state index < -0.39 is 0 Å². The summed E-state index contributed by atoms with van der Waals surface area (Å²) in [6.45, 7) is 25.5. The Morgan fingerprint density at radius 2 is 1.69 bits per heavy atom. The van der Waals surface area contributed by atoms with Gasteiger partial charge >= 0.3 is 0 Å². The van der Waals surface area contributed by atoms with E-state index in [4.69, 9.17) is 15.7 Å². The first-order valence-electron chi connectivity index (χ1n) is 21.6. The number of allylic oxidation sites excluding steroid dienone is 2. The van der Waals surface area contributed by atoms with Crippen LogP contribution < -0.4 is 16.0 Å². The van der Waals surface area contributed by atoms with Crippen molar-refractivity contribution in [3.8, 4) is 11.3 Å². The molecule has 2 fully saturated rings. The predicted molar refractivity (Wildman–Crippen MR) is 243 cm³/mol. The van der Waals surface area contributed by atoms with Crippen molar-refractivity contribution < 1.29 is 4.39 Å². The average molecular weight is 795 g/mol. The average Bonchev–Trinajstić information content (AvgIpc) is 3.58. The summed E-state index contributed by atoms with van der Waals surface area (Å²) in [6, 6.07) is 24.8. The minimum absolute atomic E-state index is 0.0674. The third-order valence-electron chi connectivity index (χ3n) is 12.6. The summed E-state index contributed by atoms with van der Waals surface area (Å²) >= 11 is 0. The van der Waals surface area contributed by atoms with Gasteiger partial charge in [-0.05, 0) is 111 Å². The third kappa shape index (κ3) is 9.63. The number of piperidine rings is 1. The molecule has 1 unspecified atom stereocenters. The van der Waals surface area contributed by atoms with Crippen LogP contribution in [0.5, 0.6) is 0 Å². The largest absolute Gasteiger partial charge is 0.402 e. The highest BCUT2D eigenvalue weighted by Gasteiger charge is 2.34. The number of hydrogen-bond acceptors (Lipinski definition) is 8. The molecule has 0 amide bonds. The summed E-state index contributed by atoms with van der Waals surface area (Å²) in [7, 11) is 1.91. The van der Waals surface area contributed by atoms with Crippen molar-refractivity contribution >= 4 is 17.1 Å². The molecule has 3 aliphatic heterocycles. The summed E-state index contributed by atoms with van der Waals surface area (Å²) in [5.41, 5.74) is 17.6. The number of aromatic nitrogens is 2. The highest BCUT2D eigenvalue weighted by atomic mass is 19.1. The Bertz CT molecular complexity index is 2140. The van der Waals surface area contributed by atoms with E-state index in [1.54, 1.807) is 12.1 Å². The van der Waals surface area contributed by atoms with Crippen LogP contribution in [0.1, 0.15) is 85.5 Å². The van der Waals surface area contributed by atoms with E-state index in [-0.39, 0.29) is 11.9 Å². The molecule has 0 bridgehead atoms. The number of piperazine rings is 1. The van der Waals surface area contributed by atoms with Gasteiger partial charge in [0.15, 0.2) is 5.82 Å². The lowest BCUT2D eigenvalue weighted by Gasteiger charge is -2.35. The summed E-state index contributed by atoms with van der Waals surface area (Å²) in [6.07, 6.45) is 7.80. The van der Waals surface area contributed by atoms with Gasteiger partial charge in [-0.15, -0.1) is 6.58 Å². The van der Waals surface area contributed by atoms with E-state index in [9.17, 15) is 0 Å². The Labute approximate surface area is 352 Å². The molecule has 3 N–H and O–H groups in total. The van der Waals surface area contributed by atoms with E-state index >= 15 is 4.39 Å². The van der Waals surface area contributed by atoms with Gasteiger partial charge in [-0.1, -0.05) is 74.7 Å². The molecule has 310 valence electrons. The maximum atomic E-state index is 15.2. The van der Waals surface area contributed by atoms with Crippen molar-refractivity contribution in [2.45, 2.75) is 70.9 Å². The van der Waals surface area contributed by atoms with Crippen LogP contribution in [0.3, 0.4) is 0 Å². The van der Waals surface area contributed by atoms with Crippen LogP contribution in [-0.4, -0.2) is 90.1 Å². The van der Waals surface area contributed by atoms with E-state index in [1.165, 1.54) is 11.1 Å². The molecule has 7 rings (SSSR count). The minimum Gasteiger partial charge on any atom is -0.402 e. The van der Waals surface area contributed by atoms with Crippen LogP contribution in [0.15, 0.2) is 110 Å². The number of anilines is 1. The number of benzene rings is 3. The van der Waals surface area contributed by atoms with Gasteiger partial charge < -0.3 is 25.8 Å². The highest BCUT2D eigenvalue weighted by Crippen LogP contribution is 2.42. The molecule has 9 heteroatoms. The smallest absolute Gasteiger partial charge is 0.164 e. The number of hydrogen-bond donors (Lipinski definition) is 2. The SMILES string of the molecule is C=CCCC(C(=C)NC)N1Cc2c(cc(F)cc2C2CCN(CCc3cccc(-c4cc(N5CCN(CCC)CC5)nc(/C(=C(/C)N)c5ccccc5)n4)c3)CC2)C1=C. The van der Waals surface area contributed by atoms with Crippen LogP contribution >= 0.6 is 0 Å². The highest BCUT2D eigenvalue weighted by molar-refractivity contribution is 5.80. The molecule has 4 aromatic rings. The normalized spacial score (nSPS) is 17.5. The fourth-order valence-corrected chi connectivity index (χ4v) is 9.29. The molecule has 4 heterocycles. The lowest BCUT2D eigenvalue weighted by atomic mass is 9.85. The Morgan fingerprint density at radius 3 is 2.39 bits per heavy atom. The first-order valence-corrected chi connectivity index (χ1v) is 21.6. The summed E-state index contributed by atoms with van der Waals surface area (Å²) < 4.78 is 15.2. The standard InChI is InChI=1S/C50H63FN8/c1-7-9-18-47(36(4)53-6)59-34-45-43(37(59)5)31-42(51)32-44(45)39-20-24-57(25-21-39)23-19-38-14-13-17-41(30-38)46-33-48(58-28-26-56(22-8-2)27-29-58)55-50(54-46)49(35(3)52)40-15-11-10-12-16-40/h7,10-17,30-33,39,47,53H,1,4-5,8-9,18-29,34,52H2,2-3,6H3/b49-35-. The van der Waals surface area contributed by atoms with Gasteiger partial charge in [0.25, 0.3) is 0 Å². The zero-order valence-electron chi connectivity index (χ0n) is 35.5. The van der Waals surface area contributed by atoms with Crippen LogP contribution in [0.4, 0.5) is 10.2 Å². The number of nitrogens with one attached hydrogen (secondary N) is 1. The number of rotatable bonds is 16. The quantitative estimate of drug-likeness (QED) is 0.109. The van der Waals surface area contributed by atoms with E-state index in [1.807, 2.05) is 38.2 Å². The van der Waals surface area contributed by atoms with Crippen LogP contribution in [0, 0.1) is 5.82 Å². The Hall–Kier alpha value is -5.25. The van der Waals surface area contributed by atoms with Crippen molar-refractivity contribution in [3.63, 3.8) is 0 Å². The molecular weight excluding hydrogens is 732 g/mol. The zero-order valence-corrected chi connectivity index (χ0v) is 35.5. The Morgan fingerprint density at radius 1 is 0.949 bits per heavy atom. The zero-order chi connectivity index (χ0) is 41.5. The van der Waals surface area contributed by atoms with Crippen LogP contribution in [0.25, 0.3) is 22.5 Å². The molecule has 8 nitrogen and oxygen atoms in total. The fourth-order valence-electron chi connectivity index (χ4n) is 9.29. The molecule has 0 spiro atoms. The topological polar surface area (TPSA) is 76.8 Å². The molecule has 2 saturated heterocycles. The molecular formula is C50H63FN8. The molecule has 0 aliphatic carbocycles. The van der Waals surface area contributed by atoms with Crippen LogP contribution in [-0.2, 0) is 13.0 Å². The van der Waals surface area contributed by atoms with E-state index in [0.29, 0.717) is 17.4 Å². The maximum Gasteiger partial charge on any atom is 0.164 e. The van der Waals surface area contributed by atoms with E-state index in [2.05, 4.69) is 94.0 Å². The number of nitrogens with zero attached hydrogens (tertiary/aromatic N) is 6. The lowest BCUT2D eigenvalue weighted by molar-refractivity contribution is 0.213. The number of fused-ring (bicyclic) bond motifs is 1. The number of likely N-dealkylation sites (tertiary alicyclic amines) is 1. The van der Waals surface area contributed by atoms with Crippen molar-refractivity contribution in [1.29, 1.82) is 0 Å². The number of nitrogens with two attached hydrogens (primary N) is 1. The first-order chi connectivity index (χ1) is 28.7. The molecule has 0 saturated carbocycles. The second kappa shape index (κ2) is 19.2. The minimum atomic E-state index is -0.179. The Balaban J connectivity index is 1.05. The molecule has 0 radical (unpaired) electrons. The van der Waals surface area contributed by atoms with Gasteiger partial charge in [-0.3, -0.25) is 4.90 Å². The molecule has 1 atom stereocenters. The van der Waals surface area contributed by atoms with Gasteiger partial charge in [0.2, 0.25) is 0 Å². The number of likely N-dealkylation sites (N-methyl/N-ethyl adjacent to an activating group) is 1. The molecule has 3 aromatic carbocycles. The van der Waals surface area contributed by atoms with Gasteiger partial charge in [-0.2, -0.15) is 0 Å². The van der Waals surface area contributed by atoms with E-state index in [0.717, 1.165) is 148 Å². The van der Waals surface area contributed by atoms with Crippen molar-refractivity contribution in [2.24, 2.45) is 5.73 Å².